The molecule has 0 fully saturated rings. The molecule has 15 heavy (non-hydrogen) atoms. The first-order chi connectivity index (χ1) is 6.99. The molecule has 0 saturated heterocycles. The summed E-state index contributed by atoms with van der Waals surface area (Å²) in [5.41, 5.74) is 0. The van der Waals surface area contributed by atoms with Crippen molar-refractivity contribution < 1.29 is 4.79 Å². The lowest BCUT2D eigenvalue weighted by molar-refractivity contribution is -0.128. The van der Waals surface area contributed by atoms with Crippen LogP contribution < -0.4 is 0 Å². The van der Waals surface area contributed by atoms with Crippen LogP contribution in [0.2, 0.25) is 0 Å². The van der Waals surface area contributed by atoms with Gasteiger partial charge in [0.15, 0.2) is 0 Å². The van der Waals surface area contributed by atoms with Gasteiger partial charge in [0.05, 0.1) is 12.6 Å². The summed E-state index contributed by atoms with van der Waals surface area (Å²) in [4.78, 5) is 15.0. The van der Waals surface area contributed by atoms with E-state index in [-0.39, 0.29) is 5.91 Å². The average Bonchev–Trinajstić information content (AvgIpc) is 2.15. The second kappa shape index (κ2) is 7.24. The lowest BCUT2D eigenvalue weighted by atomic mass is 10.2. The second-order valence-corrected chi connectivity index (χ2v) is 4.11. The number of rotatable bonds is 6. The lowest BCUT2D eigenvalue weighted by Gasteiger charge is -2.23. The highest BCUT2D eigenvalue weighted by Crippen LogP contribution is 2.02. The number of carbonyl (C=O) groups excluding carboxylic acids is 1. The fourth-order valence-electron chi connectivity index (χ4n) is 1.27. The predicted molar refractivity (Wildman–Crippen MR) is 60.3 cm³/mol. The highest BCUT2D eigenvalue weighted by atomic mass is 16.2. The molecule has 0 aromatic carbocycles. The van der Waals surface area contributed by atoms with Crippen LogP contribution in [0.3, 0.4) is 0 Å². The van der Waals surface area contributed by atoms with Crippen molar-refractivity contribution in [3.8, 4) is 6.07 Å². The molecule has 0 rings (SSSR count). The largest absolute Gasteiger partial charge is 0.349 e. The van der Waals surface area contributed by atoms with Crippen molar-refractivity contribution in [2.75, 3.05) is 27.2 Å². The Kier molecular flexibility index (Phi) is 6.72. The first-order valence-corrected chi connectivity index (χ1v) is 5.30. The van der Waals surface area contributed by atoms with Crippen molar-refractivity contribution in [3.63, 3.8) is 0 Å². The first-order valence-electron chi connectivity index (χ1n) is 5.30. The highest BCUT2D eigenvalue weighted by molar-refractivity contribution is 5.75. The Morgan fingerprint density at radius 1 is 1.40 bits per heavy atom. The van der Waals surface area contributed by atoms with Gasteiger partial charge in [-0.2, -0.15) is 5.26 Å². The maximum absolute atomic E-state index is 11.3. The molecule has 0 atom stereocenters. The Hall–Kier alpha value is -1.08. The third kappa shape index (κ3) is 6.08. The summed E-state index contributed by atoms with van der Waals surface area (Å²) in [6.45, 7) is 5.37. The van der Waals surface area contributed by atoms with Crippen molar-refractivity contribution in [2.45, 2.75) is 32.7 Å². The predicted octanol–water partition coefficient (Wildman–Crippen LogP) is 1.09. The average molecular weight is 211 g/mol. The summed E-state index contributed by atoms with van der Waals surface area (Å²) in [6.07, 6.45) is 1.37. The van der Waals surface area contributed by atoms with Gasteiger partial charge in [-0.05, 0) is 26.8 Å². The fraction of sp³-hybridized carbons (Fsp3) is 0.818. The van der Waals surface area contributed by atoms with Gasteiger partial charge in [-0.3, -0.25) is 9.69 Å². The molecule has 0 aliphatic heterocycles. The maximum atomic E-state index is 11.3. The van der Waals surface area contributed by atoms with Gasteiger partial charge in [0, 0.05) is 26.6 Å². The number of hydrogen-bond acceptors (Lipinski definition) is 3. The monoisotopic (exact) mass is 211 g/mol. The van der Waals surface area contributed by atoms with Gasteiger partial charge in [-0.15, -0.1) is 0 Å². The van der Waals surface area contributed by atoms with Crippen LogP contribution >= 0.6 is 0 Å². The summed E-state index contributed by atoms with van der Waals surface area (Å²) in [6, 6.07) is 2.50. The third-order valence-electron chi connectivity index (χ3n) is 2.34. The van der Waals surface area contributed by atoms with E-state index in [1.54, 1.807) is 19.0 Å². The van der Waals surface area contributed by atoms with Crippen molar-refractivity contribution in [2.24, 2.45) is 0 Å². The number of carbonyl (C=O) groups is 1. The third-order valence-corrected chi connectivity index (χ3v) is 2.34. The second-order valence-electron chi connectivity index (χ2n) is 4.11. The van der Waals surface area contributed by atoms with E-state index in [1.807, 2.05) is 0 Å². The topological polar surface area (TPSA) is 47.3 Å². The van der Waals surface area contributed by atoms with E-state index in [9.17, 15) is 4.79 Å². The van der Waals surface area contributed by atoms with Gasteiger partial charge in [0.25, 0.3) is 0 Å². The number of hydrogen-bond donors (Lipinski definition) is 0. The molecule has 0 bridgehead atoms. The van der Waals surface area contributed by atoms with Crippen LogP contribution in [0.25, 0.3) is 0 Å². The van der Waals surface area contributed by atoms with Gasteiger partial charge in [0.2, 0.25) is 5.91 Å². The van der Waals surface area contributed by atoms with Crippen LogP contribution in [-0.4, -0.2) is 48.9 Å². The Balaban J connectivity index is 3.82. The van der Waals surface area contributed by atoms with Crippen LogP contribution in [0, 0.1) is 11.3 Å². The van der Waals surface area contributed by atoms with Gasteiger partial charge in [-0.25, -0.2) is 0 Å². The fourth-order valence-corrected chi connectivity index (χ4v) is 1.27. The van der Waals surface area contributed by atoms with E-state index in [4.69, 9.17) is 5.26 Å². The SMILES string of the molecule is CC(C)N(CC#N)CCCC(=O)N(C)C. The molecule has 0 saturated carbocycles. The Morgan fingerprint density at radius 3 is 2.40 bits per heavy atom. The molecule has 0 aliphatic carbocycles. The first kappa shape index (κ1) is 13.9. The van der Waals surface area contributed by atoms with Crippen LogP contribution in [0.1, 0.15) is 26.7 Å². The van der Waals surface area contributed by atoms with Crippen molar-refractivity contribution >= 4 is 5.91 Å². The standard InChI is InChI=1S/C11H21N3O/c1-10(2)14(9-7-12)8-5-6-11(15)13(3)4/h10H,5-6,8-9H2,1-4H3. The van der Waals surface area contributed by atoms with Crippen LogP contribution in [0.5, 0.6) is 0 Å². The molecule has 86 valence electrons. The molecule has 4 heteroatoms. The molecule has 0 aromatic rings. The summed E-state index contributed by atoms with van der Waals surface area (Å²) >= 11 is 0. The van der Waals surface area contributed by atoms with Gasteiger partial charge in [0.1, 0.15) is 0 Å². The van der Waals surface area contributed by atoms with E-state index in [1.165, 1.54) is 0 Å². The number of nitriles is 1. The zero-order valence-corrected chi connectivity index (χ0v) is 10.2. The zero-order valence-electron chi connectivity index (χ0n) is 10.2. The van der Waals surface area contributed by atoms with E-state index in [0.29, 0.717) is 19.0 Å². The van der Waals surface area contributed by atoms with E-state index in [0.717, 1.165) is 13.0 Å². The van der Waals surface area contributed by atoms with E-state index >= 15 is 0 Å². The quantitative estimate of drug-likeness (QED) is 0.618. The van der Waals surface area contributed by atoms with Crippen LogP contribution in [0.4, 0.5) is 0 Å². The van der Waals surface area contributed by atoms with Crippen LogP contribution in [0.15, 0.2) is 0 Å². The molecule has 4 nitrogen and oxygen atoms in total. The maximum Gasteiger partial charge on any atom is 0.222 e. The Labute approximate surface area is 92.5 Å². The molecule has 0 spiro atoms. The molecule has 1 amide bonds. The van der Waals surface area contributed by atoms with E-state index < -0.39 is 0 Å². The molecule has 0 heterocycles. The zero-order chi connectivity index (χ0) is 11.8. The van der Waals surface area contributed by atoms with Crippen molar-refractivity contribution in [1.82, 2.24) is 9.80 Å². The van der Waals surface area contributed by atoms with E-state index in [2.05, 4.69) is 24.8 Å². The minimum atomic E-state index is 0.149. The smallest absolute Gasteiger partial charge is 0.222 e. The minimum Gasteiger partial charge on any atom is -0.349 e. The molecule has 0 aromatic heterocycles. The van der Waals surface area contributed by atoms with Crippen molar-refractivity contribution in [1.29, 1.82) is 5.26 Å². The van der Waals surface area contributed by atoms with Gasteiger partial charge >= 0.3 is 0 Å². The summed E-state index contributed by atoms with van der Waals surface area (Å²) in [5, 5.41) is 8.62. The Morgan fingerprint density at radius 2 is 2.00 bits per heavy atom. The summed E-state index contributed by atoms with van der Waals surface area (Å²) in [7, 11) is 3.52. The number of amides is 1. The molecular formula is C11H21N3O. The minimum absolute atomic E-state index is 0.149. The molecule has 0 N–H and O–H groups in total. The summed E-state index contributed by atoms with van der Waals surface area (Å²) in [5.74, 6) is 0.149. The molecular weight excluding hydrogens is 190 g/mol. The normalized spacial score (nSPS) is 10.5. The number of nitrogens with zero attached hydrogens (tertiary/aromatic N) is 3. The van der Waals surface area contributed by atoms with Crippen molar-refractivity contribution in [3.05, 3.63) is 0 Å². The lowest BCUT2D eigenvalue weighted by Crippen LogP contribution is -2.33. The van der Waals surface area contributed by atoms with Gasteiger partial charge in [-0.1, -0.05) is 0 Å². The summed E-state index contributed by atoms with van der Waals surface area (Å²) < 4.78 is 0. The molecule has 0 aliphatic rings. The molecule has 0 radical (unpaired) electrons. The Bertz CT molecular complexity index is 230. The molecule has 0 unspecified atom stereocenters. The van der Waals surface area contributed by atoms with Gasteiger partial charge < -0.3 is 4.90 Å². The van der Waals surface area contributed by atoms with Crippen LogP contribution in [-0.2, 0) is 4.79 Å². The highest BCUT2D eigenvalue weighted by Gasteiger charge is 2.10.